The Morgan fingerprint density at radius 3 is 2.58 bits per heavy atom. The molecule has 2 N–H and O–H groups in total. The lowest BCUT2D eigenvalue weighted by Gasteiger charge is -2.15. The van der Waals surface area contributed by atoms with Gasteiger partial charge in [-0.25, -0.2) is 0 Å². The monoisotopic (exact) mass is 303 g/mol. The summed E-state index contributed by atoms with van der Waals surface area (Å²) in [5.41, 5.74) is 0.0684. The average molecular weight is 304 g/mol. The third-order valence-electron chi connectivity index (χ3n) is 3.41. The van der Waals surface area contributed by atoms with Crippen molar-refractivity contribution in [3.05, 3.63) is 27.7 Å². The van der Waals surface area contributed by atoms with Gasteiger partial charge in [0.05, 0.1) is 23.8 Å². The number of benzene rings is 1. The van der Waals surface area contributed by atoms with Crippen molar-refractivity contribution in [1.82, 2.24) is 5.32 Å². The van der Waals surface area contributed by atoms with Gasteiger partial charge in [0.15, 0.2) is 5.75 Å². The second-order valence-electron chi connectivity index (χ2n) is 4.78. The average Bonchev–Trinajstić information content (AvgIpc) is 3.19. The lowest BCUT2D eigenvalue weighted by atomic mass is 10.1. The summed E-state index contributed by atoms with van der Waals surface area (Å²) < 4.78 is 5.13. The molecule has 0 radical (unpaired) electrons. The molecule has 2 rings (SSSR count). The summed E-state index contributed by atoms with van der Waals surface area (Å²) in [6.45, 7) is 0.502. The molecular weight excluding hydrogens is 289 g/mol. The van der Waals surface area contributed by atoms with Crippen LogP contribution in [0.4, 0.5) is 0 Å². The predicted octanol–water partition coefficient (Wildman–Crippen LogP) is 2.50. The number of aliphatic hydroxyl groups is 1. The van der Waals surface area contributed by atoms with Crippen LogP contribution in [0.25, 0.3) is 0 Å². The van der Waals surface area contributed by atoms with E-state index in [4.69, 9.17) is 27.9 Å². The third kappa shape index (κ3) is 2.96. The van der Waals surface area contributed by atoms with Gasteiger partial charge in [0.1, 0.15) is 5.56 Å². The molecule has 4 nitrogen and oxygen atoms in total. The predicted molar refractivity (Wildman–Crippen MR) is 74.1 cm³/mol. The van der Waals surface area contributed by atoms with Crippen LogP contribution in [-0.2, 0) is 0 Å². The van der Waals surface area contributed by atoms with Crippen molar-refractivity contribution in [2.75, 3.05) is 20.3 Å². The number of aliphatic hydroxyl groups excluding tert-OH is 1. The van der Waals surface area contributed by atoms with Gasteiger partial charge in [0.25, 0.3) is 5.91 Å². The maximum absolute atomic E-state index is 12.2. The van der Waals surface area contributed by atoms with Crippen molar-refractivity contribution in [3.8, 4) is 5.75 Å². The molecular formula is C13H15Cl2NO3. The van der Waals surface area contributed by atoms with Crippen LogP contribution in [0, 0.1) is 5.41 Å². The second-order valence-corrected chi connectivity index (χ2v) is 5.59. The third-order valence-corrected chi connectivity index (χ3v) is 4.02. The summed E-state index contributed by atoms with van der Waals surface area (Å²) in [5, 5.41) is 12.6. The lowest BCUT2D eigenvalue weighted by Crippen LogP contribution is -2.32. The van der Waals surface area contributed by atoms with Gasteiger partial charge in [-0.2, -0.15) is 0 Å². The smallest absolute Gasteiger partial charge is 0.256 e. The van der Waals surface area contributed by atoms with Gasteiger partial charge in [-0.05, 0) is 25.0 Å². The Hall–Kier alpha value is -0.970. The molecule has 0 heterocycles. The zero-order valence-electron chi connectivity index (χ0n) is 10.5. The SMILES string of the molecule is COc1c(Cl)ccc(Cl)c1C(=O)NCC1(CO)CC1. The lowest BCUT2D eigenvalue weighted by molar-refractivity contribution is 0.0932. The highest BCUT2D eigenvalue weighted by atomic mass is 35.5. The minimum absolute atomic E-state index is 0.0771. The highest BCUT2D eigenvalue weighted by molar-refractivity contribution is 6.37. The van der Waals surface area contributed by atoms with Crippen molar-refractivity contribution < 1.29 is 14.6 Å². The minimum atomic E-state index is -0.343. The van der Waals surface area contributed by atoms with Gasteiger partial charge in [-0.1, -0.05) is 23.2 Å². The van der Waals surface area contributed by atoms with Crippen molar-refractivity contribution in [2.45, 2.75) is 12.8 Å². The minimum Gasteiger partial charge on any atom is -0.494 e. The fraction of sp³-hybridized carbons (Fsp3) is 0.462. The number of ether oxygens (including phenoxy) is 1. The van der Waals surface area contributed by atoms with Crippen LogP contribution in [0.1, 0.15) is 23.2 Å². The number of rotatable bonds is 5. The summed E-state index contributed by atoms with van der Waals surface area (Å²) >= 11 is 12.0. The van der Waals surface area contributed by atoms with Gasteiger partial charge in [-0.15, -0.1) is 0 Å². The van der Waals surface area contributed by atoms with E-state index in [1.54, 1.807) is 12.1 Å². The molecule has 1 aromatic rings. The quantitative estimate of drug-likeness (QED) is 0.879. The molecule has 0 aliphatic heterocycles. The molecule has 19 heavy (non-hydrogen) atoms. The van der Waals surface area contributed by atoms with E-state index < -0.39 is 0 Å². The zero-order chi connectivity index (χ0) is 14.0. The fourth-order valence-corrected chi connectivity index (χ4v) is 2.34. The summed E-state index contributed by atoms with van der Waals surface area (Å²) in [6, 6.07) is 3.13. The Balaban J connectivity index is 2.16. The normalized spacial score (nSPS) is 16.0. The first-order valence-electron chi connectivity index (χ1n) is 5.94. The van der Waals surface area contributed by atoms with Gasteiger partial charge >= 0.3 is 0 Å². The Labute approximate surface area is 121 Å². The van der Waals surface area contributed by atoms with E-state index in [0.717, 1.165) is 12.8 Å². The summed E-state index contributed by atoms with van der Waals surface area (Å²) in [6.07, 6.45) is 1.84. The number of nitrogens with one attached hydrogen (secondary N) is 1. The van der Waals surface area contributed by atoms with E-state index >= 15 is 0 Å². The maximum Gasteiger partial charge on any atom is 0.256 e. The molecule has 0 aromatic heterocycles. The first-order chi connectivity index (χ1) is 9.03. The number of halogens is 2. The molecule has 0 unspecified atom stereocenters. The molecule has 1 aliphatic rings. The van der Waals surface area contributed by atoms with E-state index in [-0.39, 0.29) is 34.3 Å². The van der Waals surface area contributed by atoms with E-state index in [9.17, 15) is 9.90 Å². The molecule has 104 valence electrons. The van der Waals surface area contributed by atoms with Gasteiger partial charge < -0.3 is 15.2 Å². The van der Waals surface area contributed by atoms with Crippen molar-refractivity contribution in [3.63, 3.8) is 0 Å². The number of hydrogen-bond donors (Lipinski definition) is 2. The first-order valence-corrected chi connectivity index (χ1v) is 6.70. The van der Waals surface area contributed by atoms with Crippen molar-refractivity contribution in [2.24, 2.45) is 5.41 Å². The van der Waals surface area contributed by atoms with E-state index in [2.05, 4.69) is 5.32 Å². The number of methoxy groups -OCH3 is 1. The van der Waals surface area contributed by atoms with E-state index in [1.165, 1.54) is 7.11 Å². The second kappa shape index (κ2) is 5.57. The molecule has 0 spiro atoms. The van der Waals surface area contributed by atoms with Crippen molar-refractivity contribution in [1.29, 1.82) is 0 Å². The van der Waals surface area contributed by atoms with E-state index in [1.807, 2.05) is 0 Å². The molecule has 0 atom stereocenters. The van der Waals surface area contributed by atoms with Crippen molar-refractivity contribution >= 4 is 29.1 Å². The Bertz CT molecular complexity index is 501. The Kier molecular flexibility index (Phi) is 4.23. The number of amides is 1. The van der Waals surface area contributed by atoms with Crippen LogP contribution in [0.15, 0.2) is 12.1 Å². The van der Waals surface area contributed by atoms with Crippen LogP contribution in [0.2, 0.25) is 10.0 Å². The number of carbonyl (C=O) groups is 1. The van der Waals surface area contributed by atoms with Crippen LogP contribution in [0.5, 0.6) is 5.75 Å². The molecule has 0 saturated heterocycles. The van der Waals surface area contributed by atoms with E-state index in [0.29, 0.717) is 11.6 Å². The highest BCUT2D eigenvalue weighted by Crippen LogP contribution is 2.44. The van der Waals surface area contributed by atoms with Crippen LogP contribution < -0.4 is 10.1 Å². The molecule has 6 heteroatoms. The summed E-state index contributed by atoms with van der Waals surface area (Å²) in [7, 11) is 1.43. The first kappa shape index (κ1) is 14.4. The maximum atomic E-state index is 12.2. The van der Waals surface area contributed by atoms with Gasteiger partial charge in [-0.3, -0.25) is 4.79 Å². The van der Waals surface area contributed by atoms with Crippen LogP contribution in [-0.4, -0.2) is 31.3 Å². The summed E-state index contributed by atoms with van der Waals surface area (Å²) in [4.78, 5) is 12.2. The standard InChI is InChI=1S/C13H15Cl2NO3/c1-19-11-9(15)3-2-8(14)10(11)12(18)16-6-13(7-17)4-5-13/h2-3,17H,4-7H2,1H3,(H,16,18). The molecule has 1 saturated carbocycles. The molecule has 1 fully saturated rings. The fourth-order valence-electron chi connectivity index (χ4n) is 1.87. The number of hydrogen-bond acceptors (Lipinski definition) is 3. The van der Waals surface area contributed by atoms with Gasteiger partial charge in [0.2, 0.25) is 0 Å². The number of carbonyl (C=O) groups excluding carboxylic acids is 1. The molecule has 0 bridgehead atoms. The molecule has 1 amide bonds. The topological polar surface area (TPSA) is 58.6 Å². The summed E-state index contributed by atoms with van der Waals surface area (Å²) in [5.74, 6) is -0.0791. The van der Waals surface area contributed by atoms with Crippen LogP contribution >= 0.6 is 23.2 Å². The highest BCUT2D eigenvalue weighted by Gasteiger charge is 2.42. The van der Waals surface area contributed by atoms with Crippen LogP contribution in [0.3, 0.4) is 0 Å². The molecule has 1 aromatic carbocycles. The van der Waals surface area contributed by atoms with Gasteiger partial charge in [0, 0.05) is 12.0 Å². The molecule has 1 aliphatic carbocycles. The largest absolute Gasteiger partial charge is 0.494 e. The zero-order valence-corrected chi connectivity index (χ0v) is 12.0. The Morgan fingerprint density at radius 1 is 1.42 bits per heavy atom. The Morgan fingerprint density at radius 2 is 2.05 bits per heavy atom.